The average molecular weight is 325 g/mol. The van der Waals surface area contributed by atoms with Gasteiger partial charge in [-0.15, -0.1) is 11.3 Å². The Morgan fingerprint density at radius 1 is 1.37 bits per heavy atom. The molecule has 0 saturated carbocycles. The number of nitrogens with zero attached hydrogens (tertiary/aromatic N) is 2. The SMILES string of the molecule is Nc1nc2sccn2c1S(=O)(=O)NCCS(N)(=O)=O. The maximum Gasteiger partial charge on any atom is 0.260 e. The Morgan fingerprint density at radius 3 is 2.68 bits per heavy atom. The molecule has 0 radical (unpaired) electrons. The first kappa shape index (κ1) is 14.2. The number of imidazole rings is 1. The highest BCUT2D eigenvalue weighted by Gasteiger charge is 2.24. The summed E-state index contributed by atoms with van der Waals surface area (Å²) in [6.07, 6.45) is 1.51. The van der Waals surface area contributed by atoms with Crippen molar-refractivity contribution in [2.24, 2.45) is 5.14 Å². The second kappa shape index (κ2) is 4.72. The lowest BCUT2D eigenvalue weighted by molar-refractivity contribution is 0.577. The zero-order valence-electron chi connectivity index (χ0n) is 9.48. The van der Waals surface area contributed by atoms with Crippen LogP contribution in [0.4, 0.5) is 5.82 Å². The smallest absolute Gasteiger partial charge is 0.260 e. The number of rotatable bonds is 5. The monoisotopic (exact) mass is 325 g/mol. The number of nitrogens with one attached hydrogen (secondary N) is 1. The van der Waals surface area contributed by atoms with E-state index in [2.05, 4.69) is 9.71 Å². The fraction of sp³-hybridized carbons (Fsp3) is 0.286. The molecule has 9 nitrogen and oxygen atoms in total. The first-order valence-corrected chi connectivity index (χ1v) is 9.00. The van der Waals surface area contributed by atoms with Gasteiger partial charge in [0.25, 0.3) is 10.0 Å². The van der Waals surface area contributed by atoms with E-state index >= 15 is 0 Å². The molecule has 12 heteroatoms. The molecule has 0 unspecified atom stereocenters. The van der Waals surface area contributed by atoms with Crippen LogP contribution in [-0.2, 0) is 20.0 Å². The lowest BCUT2D eigenvalue weighted by Crippen LogP contribution is -2.32. The third-order valence-electron chi connectivity index (χ3n) is 2.18. The average Bonchev–Trinajstić information content (AvgIpc) is 2.73. The molecule has 0 amide bonds. The molecular formula is C7H11N5O4S3. The van der Waals surface area contributed by atoms with Gasteiger partial charge in [-0.25, -0.2) is 31.7 Å². The Morgan fingerprint density at radius 2 is 2.05 bits per heavy atom. The number of hydrogen-bond donors (Lipinski definition) is 3. The number of aromatic nitrogens is 2. The first-order chi connectivity index (χ1) is 8.71. The molecule has 2 rings (SSSR count). The number of hydrogen-bond acceptors (Lipinski definition) is 7. The fourth-order valence-corrected chi connectivity index (χ4v) is 3.96. The van der Waals surface area contributed by atoms with Crippen LogP contribution in [0.1, 0.15) is 0 Å². The van der Waals surface area contributed by atoms with Gasteiger partial charge in [-0.2, -0.15) is 0 Å². The number of nitrogens with two attached hydrogens (primary N) is 2. The summed E-state index contributed by atoms with van der Waals surface area (Å²) < 4.78 is 49.0. The molecule has 0 aliphatic carbocycles. The number of anilines is 1. The summed E-state index contributed by atoms with van der Waals surface area (Å²) in [5.41, 5.74) is 5.55. The third-order valence-corrected chi connectivity index (χ3v) is 5.21. The van der Waals surface area contributed by atoms with E-state index in [4.69, 9.17) is 10.9 Å². The number of fused-ring (bicyclic) bond motifs is 1. The molecule has 0 aliphatic rings. The summed E-state index contributed by atoms with van der Waals surface area (Å²) in [4.78, 5) is 4.33. The van der Waals surface area contributed by atoms with Gasteiger partial charge in [0.05, 0.1) is 5.75 Å². The highest BCUT2D eigenvalue weighted by atomic mass is 32.2. The predicted octanol–water partition coefficient (Wildman–Crippen LogP) is -1.46. The molecular weight excluding hydrogens is 314 g/mol. The Bertz CT molecular complexity index is 803. The molecule has 0 saturated heterocycles. The number of nitrogen functional groups attached to an aromatic ring is 1. The summed E-state index contributed by atoms with van der Waals surface area (Å²) in [6, 6.07) is 0. The molecule has 5 N–H and O–H groups in total. The van der Waals surface area contributed by atoms with Gasteiger partial charge in [0.15, 0.2) is 15.8 Å². The van der Waals surface area contributed by atoms with E-state index in [0.717, 1.165) is 0 Å². The molecule has 0 spiro atoms. The molecule has 0 bridgehead atoms. The highest BCUT2D eigenvalue weighted by molar-refractivity contribution is 7.90. The lowest BCUT2D eigenvalue weighted by atomic mass is 10.8. The first-order valence-electron chi connectivity index (χ1n) is 4.92. The standard InChI is InChI=1S/C7H11N5O4S3/c8-5-6(12-2-3-17-7(12)11-5)19(15,16)10-1-4-18(9,13)14/h2-3,10H,1,4,8H2,(H2,9,13,14). The zero-order valence-corrected chi connectivity index (χ0v) is 11.9. The molecule has 2 heterocycles. The van der Waals surface area contributed by atoms with Crippen LogP contribution in [0.5, 0.6) is 0 Å². The van der Waals surface area contributed by atoms with Crippen molar-refractivity contribution in [2.45, 2.75) is 5.03 Å². The van der Waals surface area contributed by atoms with E-state index < -0.39 is 25.8 Å². The number of thiazole rings is 1. The van der Waals surface area contributed by atoms with Crippen molar-refractivity contribution in [3.63, 3.8) is 0 Å². The van der Waals surface area contributed by atoms with Crippen LogP contribution >= 0.6 is 11.3 Å². The second-order valence-electron chi connectivity index (χ2n) is 3.62. The van der Waals surface area contributed by atoms with Crippen molar-refractivity contribution in [3.8, 4) is 0 Å². The predicted molar refractivity (Wildman–Crippen MR) is 70.6 cm³/mol. The quantitative estimate of drug-likeness (QED) is 0.611. The summed E-state index contributed by atoms with van der Waals surface area (Å²) in [5, 5.41) is 6.23. The van der Waals surface area contributed by atoms with Crippen LogP contribution < -0.4 is 15.6 Å². The molecule has 2 aromatic rings. The largest absolute Gasteiger partial charge is 0.381 e. The summed E-state index contributed by atoms with van der Waals surface area (Å²) in [7, 11) is -7.69. The molecule has 0 aromatic carbocycles. The van der Waals surface area contributed by atoms with Crippen molar-refractivity contribution in [1.82, 2.24) is 14.1 Å². The van der Waals surface area contributed by atoms with E-state index in [0.29, 0.717) is 4.96 Å². The van der Waals surface area contributed by atoms with Gasteiger partial charge >= 0.3 is 0 Å². The maximum atomic E-state index is 12.0. The van der Waals surface area contributed by atoms with Gasteiger partial charge in [-0.3, -0.25) is 4.40 Å². The minimum absolute atomic E-state index is 0.144. The van der Waals surface area contributed by atoms with E-state index in [1.54, 1.807) is 5.38 Å². The molecule has 0 fully saturated rings. The van der Waals surface area contributed by atoms with Crippen LogP contribution in [0.15, 0.2) is 16.6 Å². The Hall–Kier alpha value is -1.21. The zero-order chi connectivity index (χ0) is 14.3. The Kier molecular flexibility index (Phi) is 3.53. The van der Waals surface area contributed by atoms with Crippen LogP contribution in [0, 0.1) is 0 Å². The molecule has 106 valence electrons. The Balaban J connectivity index is 2.29. The maximum absolute atomic E-state index is 12.0. The van der Waals surface area contributed by atoms with Crippen molar-refractivity contribution in [1.29, 1.82) is 0 Å². The molecule has 2 aromatic heterocycles. The highest BCUT2D eigenvalue weighted by Crippen LogP contribution is 2.22. The van der Waals surface area contributed by atoms with Gasteiger partial charge < -0.3 is 5.73 Å². The lowest BCUT2D eigenvalue weighted by Gasteiger charge is -2.05. The van der Waals surface area contributed by atoms with Crippen molar-refractivity contribution >= 4 is 42.2 Å². The van der Waals surface area contributed by atoms with E-state index in [9.17, 15) is 16.8 Å². The van der Waals surface area contributed by atoms with Gasteiger partial charge in [0, 0.05) is 18.1 Å². The van der Waals surface area contributed by atoms with Gasteiger partial charge in [-0.05, 0) is 0 Å². The Labute approximate surface area is 113 Å². The number of primary sulfonamides is 1. The van der Waals surface area contributed by atoms with Gasteiger partial charge in [0.1, 0.15) is 0 Å². The van der Waals surface area contributed by atoms with Crippen molar-refractivity contribution in [3.05, 3.63) is 11.6 Å². The van der Waals surface area contributed by atoms with E-state index in [-0.39, 0.29) is 17.4 Å². The molecule has 0 atom stereocenters. The van der Waals surface area contributed by atoms with Crippen LogP contribution in [0.3, 0.4) is 0 Å². The number of sulfonamides is 2. The fourth-order valence-electron chi connectivity index (χ4n) is 1.44. The van der Waals surface area contributed by atoms with E-state index in [1.165, 1.54) is 21.9 Å². The molecule has 19 heavy (non-hydrogen) atoms. The second-order valence-corrected chi connectivity index (χ2v) is 7.91. The summed E-state index contributed by atoms with van der Waals surface area (Å²) >= 11 is 1.23. The summed E-state index contributed by atoms with van der Waals surface area (Å²) in [6.45, 7) is -0.335. The summed E-state index contributed by atoms with van der Waals surface area (Å²) in [5.74, 6) is -0.646. The molecule has 0 aliphatic heterocycles. The van der Waals surface area contributed by atoms with Crippen molar-refractivity contribution in [2.75, 3.05) is 18.0 Å². The normalized spacial score (nSPS) is 13.1. The van der Waals surface area contributed by atoms with Crippen LogP contribution in [-0.4, -0.2) is 38.5 Å². The minimum atomic E-state index is -3.95. The third kappa shape index (κ3) is 3.03. The van der Waals surface area contributed by atoms with Crippen LogP contribution in [0.25, 0.3) is 4.96 Å². The topological polar surface area (TPSA) is 150 Å². The van der Waals surface area contributed by atoms with Gasteiger partial charge in [0.2, 0.25) is 10.0 Å². The minimum Gasteiger partial charge on any atom is -0.381 e. The van der Waals surface area contributed by atoms with Gasteiger partial charge in [-0.1, -0.05) is 0 Å². The van der Waals surface area contributed by atoms with E-state index in [1.807, 2.05) is 0 Å². The van der Waals surface area contributed by atoms with Crippen LogP contribution in [0.2, 0.25) is 0 Å². The van der Waals surface area contributed by atoms with Crippen molar-refractivity contribution < 1.29 is 16.8 Å².